The molecule has 2 aromatic heterocycles. The summed E-state index contributed by atoms with van der Waals surface area (Å²) in [5.74, 6) is 0.603. The van der Waals surface area contributed by atoms with Gasteiger partial charge in [0, 0.05) is 5.69 Å². The number of tetrazole rings is 1. The molecular weight excluding hydrogens is 220 g/mol. The Morgan fingerprint density at radius 3 is 2.47 bits per heavy atom. The fraction of sp³-hybridized carbons (Fsp3) is 0.500. The quantitative estimate of drug-likeness (QED) is 0.712. The van der Waals surface area contributed by atoms with Crippen molar-refractivity contribution in [3.63, 3.8) is 0 Å². The maximum absolute atomic E-state index is 11.5. The number of hydrogen-bond donors (Lipinski definition) is 0. The van der Waals surface area contributed by atoms with Crippen LogP contribution >= 0.6 is 0 Å². The van der Waals surface area contributed by atoms with Crippen molar-refractivity contribution in [3.05, 3.63) is 22.8 Å². The first-order chi connectivity index (χ1) is 7.99. The largest absolute Gasteiger partial charge is 0.294 e. The van der Waals surface area contributed by atoms with Crippen LogP contribution in [0.25, 0.3) is 0 Å². The topological polar surface area (TPSA) is 78.5 Å². The van der Waals surface area contributed by atoms with Gasteiger partial charge in [-0.25, -0.2) is 0 Å². The van der Waals surface area contributed by atoms with Crippen molar-refractivity contribution in [2.24, 2.45) is 7.05 Å². The lowest BCUT2D eigenvalue weighted by molar-refractivity contribution is 0.101. The molecule has 7 heteroatoms. The first-order valence-electron chi connectivity index (χ1n) is 5.27. The minimum absolute atomic E-state index is 0.0263. The SMILES string of the molecule is CC(=O)c1c(C)nn(Cc2nnn(C)n2)c1C. The van der Waals surface area contributed by atoms with Crippen LogP contribution in [0.4, 0.5) is 0 Å². The third kappa shape index (κ3) is 2.08. The van der Waals surface area contributed by atoms with E-state index in [0.29, 0.717) is 17.9 Å². The van der Waals surface area contributed by atoms with Gasteiger partial charge in [-0.15, -0.1) is 10.2 Å². The monoisotopic (exact) mass is 234 g/mol. The Balaban J connectivity index is 2.34. The molecule has 0 atom stereocenters. The number of carbonyl (C=O) groups is 1. The molecular formula is C10H14N6O. The zero-order chi connectivity index (χ0) is 12.6. The van der Waals surface area contributed by atoms with Gasteiger partial charge in [-0.05, 0) is 26.0 Å². The molecule has 2 heterocycles. The number of Topliss-reactive ketones (excluding diaryl/α,β-unsaturated/α-hetero) is 1. The van der Waals surface area contributed by atoms with Gasteiger partial charge >= 0.3 is 0 Å². The third-order valence-electron chi connectivity index (χ3n) is 2.57. The molecule has 0 aromatic carbocycles. The zero-order valence-corrected chi connectivity index (χ0v) is 10.3. The summed E-state index contributed by atoms with van der Waals surface area (Å²) in [6.45, 7) is 5.66. The molecule has 0 saturated carbocycles. The lowest BCUT2D eigenvalue weighted by Crippen LogP contribution is -2.07. The molecule has 0 aliphatic heterocycles. The molecule has 2 aromatic rings. The van der Waals surface area contributed by atoms with Gasteiger partial charge in [0.25, 0.3) is 0 Å². The predicted molar refractivity (Wildman–Crippen MR) is 59.6 cm³/mol. The van der Waals surface area contributed by atoms with E-state index in [1.54, 1.807) is 18.7 Å². The standard InChI is InChI=1S/C10H14N6O/c1-6-10(8(3)17)7(2)16(12-6)5-9-11-14-15(4)13-9/h5H2,1-4H3. The summed E-state index contributed by atoms with van der Waals surface area (Å²) >= 11 is 0. The summed E-state index contributed by atoms with van der Waals surface area (Å²) in [5, 5.41) is 16.0. The van der Waals surface area contributed by atoms with Gasteiger partial charge in [-0.2, -0.15) is 9.90 Å². The minimum atomic E-state index is 0.0263. The lowest BCUT2D eigenvalue weighted by Gasteiger charge is -2.00. The Morgan fingerprint density at radius 2 is 2.00 bits per heavy atom. The van der Waals surface area contributed by atoms with Crippen molar-refractivity contribution in [1.29, 1.82) is 0 Å². The summed E-state index contributed by atoms with van der Waals surface area (Å²) in [6, 6.07) is 0. The number of nitrogens with zero attached hydrogens (tertiary/aromatic N) is 6. The van der Waals surface area contributed by atoms with Gasteiger partial charge in [-0.3, -0.25) is 9.48 Å². The highest BCUT2D eigenvalue weighted by molar-refractivity contribution is 5.96. The van der Waals surface area contributed by atoms with E-state index in [1.165, 1.54) is 4.80 Å². The number of aryl methyl sites for hydroxylation is 2. The van der Waals surface area contributed by atoms with Crippen molar-refractivity contribution >= 4 is 5.78 Å². The van der Waals surface area contributed by atoms with Crippen molar-refractivity contribution in [2.75, 3.05) is 0 Å². The minimum Gasteiger partial charge on any atom is -0.294 e. The smallest absolute Gasteiger partial charge is 0.196 e. The van der Waals surface area contributed by atoms with Crippen molar-refractivity contribution in [1.82, 2.24) is 30.0 Å². The molecule has 17 heavy (non-hydrogen) atoms. The molecule has 0 spiro atoms. The number of ketones is 1. The second-order valence-electron chi connectivity index (χ2n) is 3.95. The number of hydrogen-bond acceptors (Lipinski definition) is 5. The summed E-state index contributed by atoms with van der Waals surface area (Å²) in [6.07, 6.45) is 0. The molecule has 0 radical (unpaired) electrons. The normalized spacial score (nSPS) is 10.8. The van der Waals surface area contributed by atoms with Gasteiger partial charge in [0.15, 0.2) is 11.6 Å². The number of aromatic nitrogens is 6. The maximum atomic E-state index is 11.5. The highest BCUT2D eigenvalue weighted by Gasteiger charge is 2.16. The Hall–Kier alpha value is -2.05. The van der Waals surface area contributed by atoms with E-state index in [4.69, 9.17) is 0 Å². The fourth-order valence-corrected chi connectivity index (χ4v) is 1.88. The fourth-order valence-electron chi connectivity index (χ4n) is 1.88. The molecule has 0 N–H and O–H groups in total. The molecule has 0 amide bonds. The highest BCUT2D eigenvalue weighted by Crippen LogP contribution is 2.14. The van der Waals surface area contributed by atoms with Crippen LogP contribution in [-0.4, -0.2) is 35.8 Å². The zero-order valence-electron chi connectivity index (χ0n) is 10.3. The summed E-state index contributed by atoms with van der Waals surface area (Å²) < 4.78 is 1.73. The molecule has 90 valence electrons. The van der Waals surface area contributed by atoms with E-state index in [2.05, 4.69) is 20.5 Å². The van der Waals surface area contributed by atoms with Crippen LogP contribution in [-0.2, 0) is 13.6 Å². The van der Waals surface area contributed by atoms with Gasteiger partial charge in [0.05, 0.1) is 18.3 Å². The number of carbonyl (C=O) groups excluding carboxylic acids is 1. The molecule has 0 aliphatic rings. The van der Waals surface area contributed by atoms with Crippen LogP contribution in [0, 0.1) is 13.8 Å². The second kappa shape index (κ2) is 4.08. The van der Waals surface area contributed by atoms with Gasteiger partial charge in [0.1, 0.15) is 6.54 Å². The van der Waals surface area contributed by atoms with Gasteiger partial charge in [0.2, 0.25) is 0 Å². The maximum Gasteiger partial charge on any atom is 0.196 e. The summed E-state index contributed by atoms with van der Waals surface area (Å²) in [7, 11) is 1.71. The van der Waals surface area contributed by atoms with E-state index in [9.17, 15) is 4.79 Å². The predicted octanol–water partition coefficient (Wildman–Crippen LogP) is 0.274. The van der Waals surface area contributed by atoms with Crippen molar-refractivity contribution in [2.45, 2.75) is 27.3 Å². The van der Waals surface area contributed by atoms with Gasteiger partial charge in [-0.1, -0.05) is 0 Å². The lowest BCUT2D eigenvalue weighted by atomic mass is 10.1. The molecule has 7 nitrogen and oxygen atoms in total. The molecule has 0 bridgehead atoms. The average molecular weight is 234 g/mol. The van der Waals surface area contributed by atoms with E-state index in [1.807, 2.05) is 13.8 Å². The Morgan fingerprint density at radius 1 is 1.29 bits per heavy atom. The van der Waals surface area contributed by atoms with Crippen LogP contribution in [0.5, 0.6) is 0 Å². The molecule has 2 rings (SSSR count). The Bertz CT molecular complexity index is 567. The molecule has 0 saturated heterocycles. The van der Waals surface area contributed by atoms with Crippen molar-refractivity contribution in [3.8, 4) is 0 Å². The van der Waals surface area contributed by atoms with Crippen LogP contribution in [0.2, 0.25) is 0 Å². The first kappa shape index (κ1) is 11.4. The first-order valence-corrected chi connectivity index (χ1v) is 5.27. The molecule has 0 fully saturated rings. The van der Waals surface area contributed by atoms with E-state index in [0.717, 1.165) is 11.4 Å². The van der Waals surface area contributed by atoms with Crippen LogP contribution < -0.4 is 0 Å². The van der Waals surface area contributed by atoms with E-state index >= 15 is 0 Å². The Labute approximate surface area is 98.4 Å². The second-order valence-corrected chi connectivity index (χ2v) is 3.95. The summed E-state index contributed by atoms with van der Waals surface area (Å²) in [4.78, 5) is 12.9. The Kier molecular flexibility index (Phi) is 2.74. The number of rotatable bonds is 3. The third-order valence-corrected chi connectivity index (χ3v) is 2.57. The molecule has 0 unspecified atom stereocenters. The summed E-state index contributed by atoms with van der Waals surface area (Å²) in [5.41, 5.74) is 2.25. The highest BCUT2D eigenvalue weighted by atomic mass is 16.1. The van der Waals surface area contributed by atoms with E-state index < -0.39 is 0 Å². The van der Waals surface area contributed by atoms with Crippen LogP contribution in [0.15, 0.2) is 0 Å². The molecule has 0 aliphatic carbocycles. The average Bonchev–Trinajstić information content (AvgIpc) is 2.73. The van der Waals surface area contributed by atoms with Crippen molar-refractivity contribution < 1.29 is 4.79 Å². The van der Waals surface area contributed by atoms with Gasteiger partial charge < -0.3 is 0 Å². The van der Waals surface area contributed by atoms with E-state index in [-0.39, 0.29) is 5.78 Å². The van der Waals surface area contributed by atoms with Crippen LogP contribution in [0.3, 0.4) is 0 Å². The van der Waals surface area contributed by atoms with Crippen LogP contribution in [0.1, 0.15) is 34.5 Å².